The van der Waals surface area contributed by atoms with Crippen LogP contribution in [-0.2, 0) is 4.79 Å². The van der Waals surface area contributed by atoms with E-state index in [1.807, 2.05) is 63.4 Å². The fourth-order valence-electron chi connectivity index (χ4n) is 2.86. The van der Waals surface area contributed by atoms with Crippen molar-refractivity contribution in [2.45, 2.75) is 32.9 Å². The number of allylic oxidation sites excluding steroid dienone is 3. The number of nitrogens with two attached hydrogens (primary N) is 1. The lowest BCUT2D eigenvalue weighted by atomic mass is 10.0. The van der Waals surface area contributed by atoms with Gasteiger partial charge in [-0.25, -0.2) is 0 Å². The Morgan fingerprint density at radius 1 is 1.41 bits per heavy atom. The molecule has 0 saturated carbocycles. The van der Waals surface area contributed by atoms with E-state index in [9.17, 15) is 4.79 Å². The second-order valence-corrected chi connectivity index (χ2v) is 7.35. The monoisotopic (exact) mass is 387 g/mol. The molecular weight excluding hydrogens is 358 g/mol. The molecule has 1 heterocycles. The first kappa shape index (κ1) is 21.1. The molecule has 0 bridgehead atoms. The van der Waals surface area contributed by atoms with E-state index >= 15 is 0 Å². The number of amides is 1. The second-order valence-electron chi connectivity index (χ2n) is 6.74. The van der Waals surface area contributed by atoms with Crippen LogP contribution in [0.15, 0.2) is 59.7 Å². The normalized spacial score (nSPS) is 20.6. The summed E-state index contributed by atoms with van der Waals surface area (Å²) in [6.45, 7) is 10.6. The third kappa shape index (κ3) is 5.65. The fourth-order valence-corrected chi connectivity index (χ4v) is 3.23. The smallest absolute Gasteiger partial charge is 0.254 e. The van der Waals surface area contributed by atoms with Gasteiger partial charge in [-0.2, -0.15) is 0 Å². The van der Waals surface area contributed by atoms with Gasteiger partial charge in [0, 0.05) is 30.1 Å². The standard InChI is InChI=1S/C21H29N3O2S/c1-6-15(4)10-18(14(2)3)21(25)24-12-19(22)20(13-24)26-17-9-7-8-16(11-17)23-27-5/h6-11,19-20,23H,2,12-13,22H2,1,3-5H3/b15-6-,18-10+. The van der Waals surface area contributed by atoms with Gasteiger partial charge in [0.05, 0.1) is 12.6 Å². The molecule has 146 valence electrons. The first-order valence-electron chi connectivity index (χ1n) is 8.96. The van der Waals surface area contributed by atoms with Crippen molar-refractivity contribution in [3.8, 4) is 5.75 Å². The number of anilines is 1. The van der Waals surface area contributed by atoms with Crippen LogP contribution in [0.3, 0.4) is 0 Å². The van der Waals surface area contributed by atoms with E-state index in [1.165, 1.54) is 11.9 Å². The van der Waals surface area contributed by atoms with E-state index in [4.69, 9.17) is 10.5 Å². The van der Waals surface area contributed by atoms with E-state index in [1.54, 1.807) is 4.90 Å². The Hall–Kier alpha value is -2.18. The van der Waals surface area contributed by atoms with Crippen LogP contribution in [-0.4, -0.2) is 42.3 Å². The molecule has 5 nitrogen and oxygen atoms in total. The summed E-state index contributed by atoms with van der Waals surface area (Å²) in [5.41, 5.74) is 9.61. The molecular formula is C21H29N3O2S. The van der Waals surface area contributed by atoms with Gasteiger partial charge in [-0.3, -0.25) is 4.79 Å². The summed E-state index contributed by atoms with van der Waals surface area (Å²) in [6.07, 6.45) is 5.56. The average Bonchev–Trinajstić information content (AvgIpc) is 3.00. The van der Waals surface area contributed by atoms with Crippen LogP contribution in [0, 0.1) is 0 Å². The lowest BCUT2D eigenvalue weighted by Gasteiger charge is -2.19. The SMILES string of the molecule is C=C(C)/C(=C\C(C)=C/C)C(=O)N1CC(N)C(Oc2cccc(NSC)c2)C1. The van der Waals surface area contributed by atoms with E-state index < -0.39 is 0 Å². The molecule has 3 N–H and O–H groups in total. The molecule has 0 aromatic heterocycles. The first-order valence-corrected chi connectivity index (χ1v) is 10.2. The van der Waals surface area contributed by atoms with Crippen LogP contribution in [0.4, 0.5) is 5.69 Å². The number of likely N-dealkylation sites (tertiary alicyclic amines) is 1. The molecule has 0 radical (unpaired) electrons. The topological polar surface area (TPSA) is 67.6 Å². The lowest BCUT2D eigenvalue weighted by molar-refractivity contribution is -0.126. The number of carbonyl (C=O) groups is 1. The van der Waals surface area contributed by atoms with E-state index in [-0.39, 0.29) is 18.1 Å². The van der Waals surface area contributed by atoms with E-state index in [0.29, 0.717) is 18.7 Å². The van der Waals surface area contributed by atoms with Gasteiger partial charge in [0.2, 0.25) is 0 Å². The van der Waals surface area contributed by atoms with Crippen molar-refractivity contribution in [3.05, 3.63) is 59.7 Å². The molecule has 1 amide bonds. The summed E-state index contributed by atoms with van der Waals surface area (Å²) in [5.74, 6) is 0.687. The molecule has 1 aliphatic rings. The highest BCUT2D eigenvalue weighted by Gasteiger charge is 2.35. The van der Waals surface area contributed by atoms with Crippen molar-refractivity contribution in [2.75, 3.05) is 24.1 Å². The third-order valence-corrected chi connectivity index (χ3v) is 4.90. The summed E-state index contributed by atoms with van der Waals surface area (Å²) >= 11 is 1.52. The number of ether oxygens (including phenoxy) is 1. The maximum absolute atomic E-state index is 13.0. The average molecular weight is 388 g/mol. The van der Waals surface area contributed by atoms with Crippen molar-refractivity contribution in [1.82, 2.24) is 4.90 Å². The van der Waals surface area contributed by atoms with Crippen LogP contribution in [0.5, 0.6) is 5.75 Å². The Morgan fingerprint density at radius 3 is 2.78 bits per heavy atom. The van der Waals surface area contributed by atoms with Crippen molar-refractivity contribution >= 4 is 23.5 Å². The predicted octanol–water partition coefficient (Wildman–Crippen LogP) is 3.76. The number of hydrogen-bond acceptors (Lipinski definition) is 5. The van der Waals surface area contributed by atoms with Crippen molar-refractivity contribution in [1.29, 1.82) is 0 Å². The van der Waals surface area contributed by atoms with Gasteiger partial charge in [0.1, 0.15) is 11.9 Å². The van der Waals surface area contributed by atoms with Gasteiger partial charge < -0.3 is 20.1 Å². The number of nitrogens with zero attached hydrogens (tertiary/aromatic N) is 1. The van der Waals surface area contributed by atoms with E-state index in [0.717, 1.165) is 22.6 Å². The molecule has 2 rings (SSSR count). The maximum atomic E-state index is 13.0. The molecule has 1 aromatic carbocycles. The number of nitrogens with one attached hydrogen (secondary N) is 1. The van der Waals surface area contributed by atoms with Crippen molar-refractivity contribution < 1.29 is 9.53 Å². The highest BCUT2D eigenvalue weighted by molar-refractivity contribution is 7.99. The number of carbonyl (C=O) groups excluding carboxylic acids is 1. The predicted molar refractivity (Wildman–Crippen MR) is 115 cm³/mol. The van der Waals surface area contributed by atoms with Crippen molar-refractivity contribution in [3.63, 3.8) is 0 Å². The van der Waals surface area contributed by atoms with Crippen molar-refractivity contribution in [2.24, 2.45) is 5.73 Å². The van der Waals surface area contributed by atoms with Gasteiger partial charge >= 0.3 is 0 Å². The second kappa shape index (κ2) is 9.67. The van der Waals surface area contributed by atoms with Crippen LogP contribution < -0.4 is 15.2 Å². The Morgan fingerprint density at radius 2 is 2.15 bits per heavy atom. The molecule has 27 heavy (non-hydrogen) atoms. The molecule has 2 atom stereocenters. The zero-order valence-corrected chi connectivity index (χ0v) is 17.3. The minimum Gasteiger partial charge on any atom is -0.487 e. The third-order valence-electron chi connectivity index (χ3n) is 4.46. The van der Waals surface area contributed by atoms with Gasteiger partial charge in [0.25, 0.3) is 5.91 Å². The molecule has 2 unspecified atom stereocenters. The van der Waals surface area contributed by atoms with Gasteiger partial charge in [-0.1, -0.05) is 36.2 Å². The molecule has 0 aliphatic carbocycles. The minimum absolute atomic E-state index is 0.0527. The Kier molecular flexibility index (Phi) is 7.56. The molecule has 1 aliphatic heterocycles. The van der Waals surface area contributed by atoms with Crippen LogP contribution in [0.25, 0.3) is 0 Å². The zero-order valence-electron chi connectivity index (χ0n) is 16.5. The molecule has 1 fully saturated rings. The molecule has 0 spiro atoms. The minimum atomic E-state index is -0.243. The van der Waals surface area contributed by atoms with E-state index in [2.05, 4.69) is 11.3 Å². The number of hydrogen-bond donors (Lipinski definition) is 2. The fraction of sp³-hybridized carbons (Fsp3) is 0.381. The van der Waals surface area contributed by atoms with Crippen LogP contribution in [0.1, 0.15) is 20.8 Å². The summed E-state index contributed by atoms with van der Waals surface area (Å²) in [7, 11) is 0. The van der Waals surface area contributed by atoms with Crippen LogP contribution >= 0.6 is 11.9 Å². The molecule has 1 aromatic rings. The number of rotatable bonds is 7. The summed E-state index contributed by atoms with van der Waals surface area (Å²) in [4.78, 5) is 14.7. The number of benzene rings is 1. The lowest BCUT2D eigenvalue weighted by Crippen LogP contribution is -2.37. The summed E-state index contributed by atoms with van der Waals surface area (Å²) < 4.78 is 9.26. The maximum Gasteiger partial charge on any atom is 0.254 e. The molecule has 1 saturated heterocycles. The molecule has 6 heteroatoms. The Labute approximate surface area is 166 Å². The Bertz CT molecular complexity index is 758. The quantitative estimate of drug-likeness (QED) is 0.424. The first-order chi connectivity index (χ1) is 12.8. The summed E-state index contributed by atoms with van der Waals surface area (Å²) in [5, 5.41) is 0. The van der Waals surface area contributed by atoms with Gasteiger partial charge in [-0.05, 0) is 44.6 Å². The van der Waals surface area contributed by atoms with Gasteiger partial charge in [0.15, 0.2) is 0 Å². The summed E-state index contributed by atoms with van der Waals surface area (Å²) in [6, 6.07) is 7.50. The van der Waals surface area contributed by atoms with Crippen LogP contribution in [0.2, 0.25) is 0 Å². The largest absolute Gasteiger partial charge is 0.487 e. The zero-order chi connectivity index (χ0) is 20.0. The van der Waals surface area contributed by atoms with Gasteiger partial charge in [-0.15, -0.1) is 0 Å². The highest BCUT2D eigenvalue weighted by atomic mass is 32.2. The highest BCUT2D eigenvalue weighted by Crippen LogP contribution is 2.24. The Balaban J connectivity index is 2.11.